The highest BCUT2D eigenvalue weighted by Gasteiger charge is 2.39. The number of benzene rings is 1. The van der Waals surface area contributed by atoms with Crippen LogP contribution in [0.1, 0.15) is 31.1 Å². The molecule has 0 heterocycles. The van der Waals surface area contributed by atoms with Crippen molar-refractivity contribution >= 4 is 0 Å². The predicted octanol–water partition coefficient (Wildman–Crippen LogP) is 3.35. The average Bonchev–Trinajstić information content (AvgIpc) is 2.25. The van der Waals surface area contributed by atoms with E-state index in [-0.39, 0.29) is 0 Å². The molecule has 2 nitrogen and oxygen atoms in total. The summed E-state index contributed by atoms with van der Waals surface area (Å²) in [4.78, 5) is 0. The summed E-state index contributed by atoms with van der Waals surface area (Å²) in [7, 11) is 0. The third-order valence-electron chi connectivity index (χ3n) is 2.70. The lowest BCUT2D eigenvalue weighted by Crippen LogP contribution is -2.35. The van der Waals surface area contributed by atoms with Crippen LogP contribution < -0.4 is 5.73 Å². The van der Waals surface area contributed by atoms with E-state index in [0.29, 0.717) is 5.56 Å². The first-order valence-corrected chi connectivity index (χ1v) is 5.76. The molecule has 0 amide bonds. The maximum absolute atomic E-state index is 12.5. The van der Waals surface area contributed by atoms with Gasteiger partial charge in [0.2, 0.25) is 0 Å². The van der Waals surface area contributed by atoms with E-state index in [2.05, 4.69) is 0 Å². The first-order valence-electron chi connectivity index (χ1n) is 5.76. The molecule has 1 aromatic rings. The topological polar surface area (TPSA) is 35.2 Å². The Morgan fingerprint density at radius 2 is 1.61 bits per heavy atom. The monoisotopic (exact) mass is 261 g/mol. The number of hydrogen-bond acceptors (Lipinski definition) is 2. The van der Waals surface area contributed by atoms with Gasteiger partial charge in [-0.2, -0.15) is 13.2 Å². The van der Waals surface area contributed by atoms with E-state index < -0.39 is 24.4 Å². The highest BCUT2D eigenvalue weighted by molar-refractivity contribution is 5.24. The second-order valence-corrected chi connectivity index (χ2v) is 4.51. The minimum atomic E-state index is -4.38. The van der Waals surface area contributed by atoms with Gasteiger partial charge < -0.3 is 10.5 Å². The number of nitrogens with two attached hydrogens (primary N) is 1. The molecule has 102 valence electrons. The van der Waals surface area contributed by atoms with Gasteiger partial charge in [-0.3, -0.25) is 0 Å². The van der Waals surface area contributed by atoms with Crippen molar-refractivity contribution in [2.45, 2.75) is 45.2 Å². The molecule has 5 heteroatoms. The number of hydrogen-bond donors (Lipinski definition) is 1. The van der Waals surface area contributed by atoms with Crippen molar-refractivity contribution in [3.8, 4) is 0 Å². The Balaban J connectivity index is 2.87. The maximum atomic E-state index is 12.5. The second kappa shape index (κ2) is 5.71. The molecule has 2 N–H and O–H groups in total. The Morgan fingerprint density at radius 3 is 2.00 bits per heavy atom. The van der Waals surface area contributed by atoms with Crippen molar-refractivity contribution in [3.05, 3.63) is 35.4 Å². The zero-order valence-corrected chi connectivity index (χ0v) is 10.7. The molecule has 3 atom stereocenters. The fourth-order valence-corrected chi connectivity index (χ4v) is 1.56. The first kappa shape index (κ1) is 15.0. The van der Waals surface area contributed by atoms with E-state index >= 15 is 0 Å². The van der Waals surface area contributed by atoms with Crippen LogP contribution in [0.25, 0.3) is 0 Å². The zero-order valence-electron chi connectivity index (χ0n) is 10.7. The fourth-order valence-electron chi connectivity index (χ4n) is 1.56. The molecular weight excluding hydrogens is 243 g/mol. The van der Waals surface area contributed by atoms with Crippen LogP contribution in [0.5, 0.6) is 0 Å². The molecule has 0 aromatic heterocycles. The molecule has 0 bridgehead atoms. The SMILES string of the molecule is Cc1ccc(C(OC(C)C(F)(F)F)C(C)N)cc1. The lowest BCUT2D eigenvalue weighted by atomic mass is 10.0. The smallest absolute Gasteiger partial charge is 0.360 e. The molecule has 0 saturated carbocycles. The van der Waals surface area contributed by atoms with Crippen LogP contribution in [0.2, 0.25) is 0 Å². The Hall–Kier alpha value is -1.07. The molecule has 3 unspecified atom stereocenters. The number of aryl methyl sites for hydroxylation is 1. The number of halogens is 3. The molecule has 0 saturated heterocycles. The van der Waals surface area contributed by atoms with Crippen molar-refractivity contribution in [2.75, 3.05) is 0 Å². The second-order valence-electron chi connectivity index (χ2n) is 4.51. The first-order chi connectivity index (χ1) is 8.21. The summed E-state index contributed by atoms with van der Waals surface area (Å²) in [5.41, 5.74) is 7.40. The lowest BCUT2D eigenvalue weighted by molar-refractivity contribution is -0.229. The van der Waals surface area contributed by atoms with Gasteiger partial charge in [0.1, 0.15) is 0 Å². The van der Waals surface area contributed by atoms with Crippen LogP contribution in [0.15, 0.2) is 24.3 Å². The molecule has 1 rings (SSSR count). The third-order valence-corrected chi connectivity index (χ3v) is 2.70. The van der Waals surface area contributed by atoms with Crippen LogP contribution in [-0.2, 0) is 4.74 Å². The quantitative estimate of drug-likeness (QED) is 0.902. The zero-order chi connectivity index (χ0) is 13.9. The van der Waals surface area contributed by atoms with Crippen molar-refractivity contribution < 1.29 is 17.9 Å². The van der Waals surface area contributed by atoms with Crippen LogP contribution in [0.4, 0.5) is 13.2 Å². The van der Waals surface area contributed by atoms with Crippen molar-refractivity contribution in [2.24, 2.45) is 5.73 Å². The third kappa shape index (κ3) is 3.99. The standard InChI is InChI=1S/C13H18F3NO/c1-8-4-6-11(7-5-8)12(9(2)17)18-10(3)13(14,15)16/h4-7,9-10,12H,17H2,1-3H3. The van der Waals surface area contributed by atoms with E-state index in [9.17, 15) is 13.2 Å². The largest absolute Gasteiger partial charge is 0.414 e. The fraction of sp³-hybridized carbons (Fsp3) is 0.538. The van der Waals surface area contributed by atoms with E-state index in [4.69, 9.17) is 10.5 Å². The number of rotatable bonds is 4. The molecular formula is C13H18F3NO. The summed E-state index contributed by atoms with van der Waals surface area (Å²) in [6.07, 6.45) is -6.98. The summed E-state index contributed by atoms with van der Waals surface area (Å²) >= 11 is 0. The van der Waals surface area contributed by atoms with Gasteiger partial charge in [0.05, 0.1) is 6.10 Å². The lowest BCUT2D eigenvalue weighted by Gasteiger charge is -2.27. The summed E-state index contributed by atoms with van der Waals surface area (Å²) < 4.78 is 42.5. The molecule has 0 aliphatic carbocycles. The summed E-state index contributed by atoms with van der Waals surface area (Å²) in [5, 5.41) is 0. The molecule has 0 radical (unpaired) electrons. The van der Waals surface area contributed by atoms with Crippen LogP contribution in [0.3, 0.4) is 0 Å². The van der Waals surface area contributed by atoms with Gasteiger partial charge in [-0.1, -0.05) is 29.8 Å². The maximum Gasteiger partial charge on any atom is 0.414 e. The molecule has 0 spiro atoms. The van der Waals surface area contributed by atoms with Crippen LogP contribution >= 0.6 is 0 Å². The van der Waals surface area contributed by atoms with Crippen LogP contribution in [-0.4, -0.2) is 18.3 Å². The molecule has 0 aliphatic heterocycles. The Kier molecular flexibility index (Phi) is 4.76. The van der Waals surface area contributed by atoms with Gasteiger partial charge in [-0.15, -0.1) is 0 Å². The van der Waals surface area contributed by atoms with E-state index in [0.717, 1.165) is 12.5 Å². The molecule has 18 heavy (non-hydrogen) atoms. The van der Waals surface area contributed by atoms with Crippen LogP contribution in [0, 0.1) is 6.92 Å². The van der Waals surface area contributed by atoms with E-state index in [1.54, 1.807) is 19.1 Å². The van der Waals surface area contributed by atoms with Crippen molar-refractivity contribution in [1.29, 1.82) is 0 Å². The summed E-state index contributed by atoms with van der Waals surface area (Å²) in [6.45, 7) is 4.53. The van der Waals surface area contributed by atoms with Gasteiger partial charge in [-0.05, 0) is 26.3 Å². The minimum absolute atomic E-state index is 0.516. The average molecular weight is 261 g/mol. The van der Waals surface area contributed by atoms with Gasteiger partial charge in [0.25, 0.3) is 0 Å². The molecule has 0 fully saturated rings. The summed E-state index contributed by atoms with van der Waals surface area (Å²) in [6, 6.07) is 6.62. The Bertz CT molecular complexity index is 373. The van der Waals surface area contributed by atoms with Gasteiger partial charge in [-0.25, -0.2) is 0 Å². The normalized spacial score (nSPS) is 17.3. The van der Waals surface area contributed by atoms with Gasteiger partial charge in [0.15, 0.2) is 6.10 Å². The number of ether oxygens (including phenoxy) is 1. The number of alkyl halides is 3. The van der Waals surface area contributed by atoms with E-state index in [1.165, 1.54) is 0 Å². The molecule has 0 aliphatic rings. The van der Waals surface area contributed by atoms with Crippen molar-refractivity contribution in [1.82, 2.24) is 0 Å². The van der Waals surface area contributed by atoms with Crippen molar-refractivity contribution in [3.63, 3.8) is 0 Å². The predicted molar refractivity (Wildman–Crippen MR) is 64.2 cm³/mol. The van der Waals surface area contributed by atoms with Gasteiger partial charge >= 0.3 is 6.18 Å². The van der Waals surface area contributed by atoms with Gasteiger partial charge in [0, 0.05) is 6.04 Å². The Morgan fingerprint density at radius 1 is 1.11 bits per heavy atom. The highest BCUT2D eigenvalue weighted by Crippen LogP contribution is 2.29. The highest BCUT2D eigenvalue weighted by atomic mass is 19.4. The minimum Gasteiger partial charge on any atom is -0.360 e. The summed E-state index contributed by atoms with van der Waals surface area (Å²) in [5.74, 6) is 0. The Labute approximate surface area is 105 Å². The van der Waals surface area contributed by atoms with E-state index in [1.807, 2.05) is 19.1 Å². The molecule has 1 aromatic carbocycles.